The van der Waals surface area contributed by atoms with Gasteiger partial charge < -0.3 is 9.58 Å². The Hall–Kier alpha value is -1.82. The summed E-state index contributed by atoms with van der Waals surface area (Å²) in [4.78, 5) is 14.8. The number of carbonyl (C=O) groups is 1. The van der Waals surface area contributed by atoms with Gasteiger partial charge in [-0.1, -0.05) is 26.0 Å². The Morgan fingerprint density at radius 1 is 1.29 bits per heavy atom. The van der Waals surface area contributed by atoms with Crippen LogP contribution in [0.15, 0.2) is 24.3 Å². The predicted molar refractivity (Wildman–Crippen MR) is 66.6 cm³/mol. The van der Waals surface area contributed by atoms with E-state index in [0.29, 0.717) is 5.56 Å². The summed E-state index contributed by atoms with van der Waals surface area (Å²) in [5, 5.41) is 0. The maximum Gasteiger partial charge on any atom is 0.337 e. The number of methoxy groups -OCH3 is 1. The van der Waals surface area contributed by atoms with Crippen LogP contribution in [0.4, 0.5) is 0 Å². The van der Waals surface area contributed by atoms with Crippen molar-refractivity contribution in [3.05, 3.63) is 46.8 Å². The minimum atomic E-state index is -0.339. The molecule has 1 fully saturated rings. The largest absolute Gasteiger partial charge is 0.465 e. The molecule has 90 valence electrons. The van der Waals surface area contributed by atoms with Crippen molar-refractivity contribution in [2.75, 3.05) is 7.11 Å². The lowest BCUT2D eigenvalue weighted by Gasteiger charge is -2.03. The number of carbonyl (C=O) groups excluding carboxylic acids is 1. The Balaban J connectivity index is 0.000000686. The molecule has 2 rings (SSSR count). The summed E-state index contributed by atoms with van der Waals surface area (Å²) in [6, 6.07) is 7.12. The monoisotopic (exact) mass is 231 g/mol. The topological polar surface area (TPSA) is 30.7 Å². The normalized spacial score (nSPS) is 14.9. The Labute approximate surface area is 102 Å². The first kappa shape index (κ1) is 13.2. The van der Waals surface area contributed by atoms with Crippen molar-refractivity contribution in [1.29, 1.82) is 0 Å². The lowest BCUT2D eigenvalue weighted by Crippen LogP contribution is -2.03. The summed E-state index contributed by atoms with van der Waals surface area (Å²) < 4.78 is 4.60. The van der Waals surface area contributed by atoms with Crippen LogP contribution >= 0.6 is 0 Å². The molecule has 0 atom stereocenters. The van der Waals surface area contributed by atoms with Crippen LogP contribution in [0.25, 0.3) is 4.85 Å². The van der Waals surface area contributed by atoms with E-state index in [1.54, 1.807) is 12.1 Å². The second-order valence-electron chi connectivity index (χ2n) is 3.71. The van der Waals surface area contributed by atoms with E-state index in [1.807, 2.05) is 26.0 Å². The summed E-state index contributed by atoms with van der Waals surface area (Å²) in [7, 11) is 1.36. The number of hydrogen-bond donors (Lipinski definition) is 0. The quantitative estimate of drug-likeness (QED) is 0.577. The molecular weight excluding hydrogens is 214 g/mol. The molecule has 0 N–H and O–H groups in total. The van der Waals surface area contributed by atoms with Crippen molar-refractivity contribution < 1.29 is 9.53 Å². The highest BCUT2D eigenvalue weighted by molar-refractivity contribution is 5.89. The molecule has 0 saturated heterocycles. The second-order valence-corrected chi connectivity index (χ2v) is 3.71. The van der Waals surface area contributed by atoms with Crippen LogP contribution < -0.4 is 0 Å². The highest BCUT2D eigenvalue weighted by Gasteiger charge is 2.52. The molecule has 1 aromatic carbocycles. The minimum Gasteiger partial charge on any atom is -0.465 e. The molecule has 0 aromatic heterocycles. The fourth-order valence-electron chi connectivity index (χ4n) is 1.62. The molecule has 0 radical (unpaired) electrons. The van der Waals surface area contributed by atoms with Crippen LogP contribution in [0.1, 0.15) is 42.6 Å². The molecule has 0 aliphatic heterocycles. The maximum atomic E-state index is 11.2. The van der Waals surface area contributed by atoms with Crippen molar-refractivity contribution >= 4 is 5.97 Å². The van der Waals surface area contributed by atoms with E-state index < -0.39 is 0 Å². The van der Waals surface area contributed by atoms with Crippen LogP contribution in [0.2, 0.25) is 0 Å². The first-order valence-corrected chi connectivity index (χ1v) is 5.79. The fourth-order valence-corrected chi connectivity index (χ4v) is 1.62. The van der Waals surface area contributed by atoms with Crippen LogP contribution in [-0.2, 0) is 10.3 Å². The molecule has 0 unspecified atom stereocenters. The van der Waals surface area contributed by atoms with Crippen molar-refractivity contribution in [2.24, 2.45) is 0 Å². The molecule has 0 bridgehead atoms. The van der Waals surface area contributed by atoms with Gasteiger partial charge in [-0.3, -0.25) is 0 Å². The molecule has 0 heterocycles. The third kappa shape index (κ3) is 2.65. The molecular formula is C14H17NO2. The summed E-state index contributed by atoms with van der Waals surface area (Å²) in [5.41, 5.74) is 1.24. The van der Waals surface area contributed by atoms with E-state index in [-0.39, 0.29) is 11.5 Å². The molecule has 3 heteroatoms. The molecule has 0 spiro atoms. The molecule has 1 aromatic rings. The standard InChI is InChI=1S/C12H11NO2.C2H6/c1-13-12(7-8-12)10-5-3-9(4-6-10)11(14)15-2;1-2/h3-6H,7-8H2,2H3;1-2H3. The molecule has 17 heavy (non-hydrogen) atoms. The fraction of sp³-hybridized carbons (Fsp3) is 0.429. The van der Waals surface area contributed by atoms with Crippen molar-refractivity contribution in [1.82, 2.24) is 0 Å². The number of esters is 1. The van der Waals surface area contributed by atoms with Crippen LogP contribution in [0.5, 0.6) is 0 Å². The van der Waals surface area contributed by atoms with Gasteiger partial charge in [-0.25, -0.2) is 11.4 Å². The zero-order chi connectivity index (χ0) is 12.9. The zero-order valence-corrected chi connectivity index (χ0v) is 10.5. The van der Waals surface area contributed by atoms with Crippen LogP contribution in [-0.4, -0.2) is 13.1 Å². The van der Waals surface area contributed by atoms with Crippen molar-refractivity contribution in [2.45, 2.75) is 32.2 Å². The third-order valence-corrected chi connectivity index (χ3v) is 2.78. The number of rotatable bonds is 2. The Bertz CT molecular complexity index is 425. The first-order chi connectivity index (χ1) is 8.22. The highest BCUT2D eigenvalue weighted by Crippen LogP contribution is 2.49. The van der Waals surface area contributed by atoms with Gasteiger partial charge in [-0.05, 0) is 12.1 Å². The van der Waals surface area contributed by atoms with Gasteiger partial charge in [-0.2, -0.15) is 0 Å². The predicted octanol–water partition coefficient (Wildman–Crippen LogP) is 3.41. The van der Waals surface area contributed by atoms with Gasteiger partial charge in [0.15, 0.2) is 0 Å². The van der Waals surface area contributed by atoms with Gasteiger partial charge in [0.1, 0.15) is 0 Å². The van der Waals surface area contributed by atoms with E-state index >= 15 is 0 Å². The smallest absolute Gasteiger partial charge is 0.337 e. The summed E-state index contributed by atoms with van der Waals surface area (Å²) in [5.74, 6) is -0.339. The SMILES string of the molecule is CC.[C-]#[N+]C1(c2ccc(C(=O)OC)cc2)CC1. The molecule has 1 aliphatic rings. The van der Waals surface area contributed by atoms with Crippen LogP contribution in [0.3, 0.4) is 0 Å². The highest BCUT2D eigenvalue weighted by atomic mass is 16.5. The van der Waals surface area contributed by atoms with Crippen LogP contribution in [0, 0.1) is 6.57 Å². The van der Waals surface area contributed by atoms with E-state index in [2.05, 4.69) is 9.58 Å². The Morgan fingerprint density at radius 2 is 1.82 bits per heavy atom. The van der Waals surface area contributed by atoms with Gasteiger partial charge in [0.05, 0.1) is 12.7 Å². The minimum absolute atomic E-state index is 0.297. The Kier molecular flexibility index (Phi) is 4.28. The molecule has 1 aliphatic carbocycles. The summed E-state index contributed by atoms with van der Waals surface area (Å²) >= 11 is 0. The average molecular weight is 231 g/mol. The second kappa shape index (κ2) is 5.49. The number of benzene rings is 1. The zero-order valence-electron chi connectivity index (χ0n) is 10.5. The van der Waals surface area contributed by atoms with E-state index in [4.69, 9.17) is 6.57 Å². The summed E-state index contributed by atoms with van der Waals surface area (Å²) in [6.07, 6.45) is 1.85. The number of hydrogen-bond acceptors (Lipinski definition) is 2. The molecule has 0 amide bonds. The van der Waals surface area contributed by atoms with Gasteiger partial charge in [-0.15, -0.1) is 0 Å². The lowest BCUT2D eigenvalue weighted by molar-refractivity contribution is 0.0600. The van der Waals surface area contributed by atoms with Crippen molar-refractivity contribution in [3.8, 4) is 0 Å². The van der Waals surface area contributed by atoms with Gasteiger partial charge in [0.25, 0.3) is 5.54 Å². The first-order valence-electron chi connectivity index (χ1n) is 5.79. The van der Waals surface area contributed by atoms with Gasteiger partial charge in [0, 0.05) is 18.4 Å². The maximum absolute atomic E-state index is 11.2. The molecule has 1 saturated carbocycles. The van der Waals surface area contributed by atoms with Gasteiger partial charge >= 0.3 is 5.97 Å². The summed E-state index contributed by atoms with van der Waals surface area (Å²) in [6.45, 7) is 11.1. The van der Waals surface area contributed by atoms with E-state index in [0.717, 1.165) is 18.4 Å². The number of ether oxygens (including phenoxy) is 1. The van der Waals surface area contributed by atoms with E-state index in [9.17, 15) is 4.79 Å². The lowest BCUT2D eigenvalue weighted by atomic mass is 10.0. The van der Waals surface area contributed by atoms with E-state index in [1.165, 1.54) is 7.11 Å². The third-order valence-electron chi connectivity index (χ3n) is 2.78. The van der Waals surface area contributed by atoms with Crippen molar-refractivity contribution in [3.63, 3.8) is 0 Å². The molecule has 3 nitrogen and oxygen atoms in total. The average Bonchev–Trinajstić information content (AvgIpc) is 3.21. The Morgan fingerprint density at radius 3 is 2.18 bits per heavy atom. The number of nitrogens with zero attached hydrogens (tertiary/aromatic N) is 1. The van der Waals surface area contributed by atoms with Gasteiger partial charge in [0.2, 0.25) is 0 Å².